The number of amides is 1. The number of rotatable bonds is 4. The molecule has 0 radical (unpaired) electrons. The molecular formula is C20H25N5O2. The Kier molecular flexibility index (Phi) is 5.40. The van der Waals surface area contributed by atoms with Gasteiger partial charge in [-0.05, 0) is 37.0 Å². The van der Waals surface area contributed by atoms with E-state index in [1.807, 2.05) is 17.0 Å². The molecule has 1 N–H and O–H groups in total. The predicted molar refractivity (Wildman–Crippen MR) is 100.0 cm³/mol. The summed E-state index contributed by atoms with van der Waals surface area (Å²) in [5, 5.41) is 10.5. The molecule has 0 aliphatic carbocycles. The predicted octanol–water partition coefficient (Wildman–Crippen LogP) is 1.01. The Hall–Kier alpha value is -2.38. The second-order valence-electron chi connectivity index (χ2n) is 7.45. The number of aliphatic hydroxyl groups is 1. The van der Waals surface area contributed by atoms with Crippen molar-refractivity contribution in [3.8, 4) is 0 Å². The van der Waals surface area contributed by atoms with Gasteiger partial charge in [0, 0.05) is 62.9 Å². The van der Waals surface area contributed by atoms with Crippen LogP contribution >= 0.6 is 0 Å². The lowest BCUT2D eigenvalue weighted by Gasteiger charge is -2.36. The summed E-state index contributed by atoms with van der Waals surface area (Å²) in [6.07, 6.45) is 10.7. The number of likely N-dealkylation sites (tertiary alicyclic amines) is 2. The minimum Gasteiger partial charge on any atom is -0.391 e. The van der Waals surface area contributed by atoms with Gasteiger partial charge in [-0.3, -0.25) is 19.7 Å². The number of piperidine rings is 1. The summed E-state index contributed by atoms with van der Waals surface area (Å²) in [6, 6.07) is 4.46. The highest BCUT2D eigenvalue weighted by atomic mass is 16.3. The number of aromatic nitrogens is 3. The van der Waals surface area contributed by atoms with Gasteiger partial charge in [0.15, 0.2) is 0 Å². The Bertz CT molecular complexity index is 749. The number of aliphatic hydroxyl groups excluding tert-OH is 1. The van der Waals surface area contributed by atoms with Gasteiger partial charge < -0.3 is 10.0 Å². The van der Waals surface area contributed by atoms with Crippen molar-refractivity contribution in [1.29, 1.82) is 0 Å². The van der Waals surface area contributed by atoms with Gasteiger partial charge in [0.1, 0.15) is 5.69 Å². The first kappa shape index (κ1) is 18.0. The number of hydrogen-bond acceptors (Lipinski definition) is 6. The van der Waals surface area contributed by atoms with Crippen LogP contribution in [-0.2, 0) is 6.42 Å². The van der Waals surface area contributed by atoms with Gasteiger partial charge in [0.2, 0.25) is 0 Å². The molecule has 7 nitrogen and oxygen atoms in total. The van der Waals surface area contributed by atoms with Crippen LogP contribution in [0, 0.1) is 5.92 Å². The quantitative estimate of drug-likeness (QED) is 0.869. The van der Waals surface area contributed by atoms with Crippen LogP contribution in [-0.4, -0.2) is 74.1 Å². The largest absolute Gasteiger partial charge is 0.391 e. The Morgan fingerprint density at radius 3 is 2.56 bits per heavy atom. The molecule has 2 saturated heterocycles. The van der Waals surface area contributed by atoms with Crippen molar-refractivity contribution >= 4 is 5.91 Å². The average Bonchev–Trinajstić information content (AvgIpc) is 3.09. The number of carbonyl (C=O) groups is 1. The average molecular weight is 367 g/mol. The number of β-amino-alcohol motifs (C(OH)–C–C–N with tert-alkyl or cyclic N) is 1. The Labute approximate surface area is 159 Å². The van der Waals surface area contributed by atoms with E-state index >= 15 is 0 Å². The van der Waals surface area contributed by atoms with E-state index in [9.17, 15) is 9.90 Å². The standard InChI is InChI=1S/C20H25N5O2/c26-19-14-25(13-16(19)11-15-1-5-21-6-2-15)17-3-9-24(10-4-17)20(27)18-12-22-7-8-23-18/h1-2,5-8,12,16-17,19,26H,3-4,9-11,13-14H2/t16-,19+/m1/s1. The van der Waals surface area contributed by atoms with Crippen LogP contribution in [0.1, 0.15) is 28.9 Å². The first-order valence-electron chi connectivity index (χ1n) is 9.57. The highest BCUT2D eigenvalue weighted by Gasteiger charge is 2.36. The molecule has 0 saturated carbocycles. The van der Waals surface area contributed by atoms with E-state index in [-0.39, 0.29) is 17.9 Å². The number of carbonyl (C=O) groups excluding carboxylic acids is 1. The van der Waals surface area contributed by atoms with E-state index in [2.05, 4.69) is 19.9 Å². The van der Waals surface area contributed by atoms with Crippen LogP contribution in [0.15, 0.2) is 43.1 Å². The third kappa shape index (κ3) is 4.14. The molecule has 27 heavy (non-hydrogen) atoms. The normalized spacial score (nSPS) is 24.3. The number of hydrogen-bond donors (Lipinski definition) is 1. The second kappa shape index (κ2) is 8.10. The van der Waals surface area contributed by atoms with Gasteiger partial charge in [-0.15, -0.1) is 0 Å². The van der Waals surface area contributed by atoms with Gasteiger partial charge >= 0.3 is 0 Å². The van der Waals surface area contributed by atoms with Crippen LogP contribution in [0.25, 0.3) is 0 Å². The molecule has 0 spiro atoms. The highest BCUT2D eigenvalue weighted by Crippen LogP contribution is 2.27. The molecule has 2 aromatic rings. The fourth-order valence-electron chi connectivity index (χ4n) is 4.21. The van der Waals surface area contributed by atoms with Crippen molar-refractivity contribution in [2.75, 3.05) is 26.2 Å². The maximum atomic E-state index is 12.5. The lowest BCUT2D eigenvalue weighted by Crippen LogP contribution is -2.46. The smallest absolute Gasteiger partial charge is 0.274 e. The topological polar surface area (TPSA) is 82.5 Å². The molecule has 0 unspecified atom stereocenters. The molecule has 2 aromatic heterocycles. The third-order valence-electron chi connectivity index (χ3n) is 5.73. The maximum Gasteiger partial charge on any atom is 0.274 e. The van der Waals surface area contributed by atoms with Gasteiger partial charge in [0.05, 0.1) is 12.3 Å². The van der Waals surface area contributed by atoms with Crippen molar-refractivity contribution in [1.82, 2.24) is 24.8 Å². The van der Waals surface area contributed by atoms with E-state index < -0.39 is 0 Å². The van der Waals surface area contributed by atoms with Crippen LogP contribution in [0.2, 0.25) is 0 Å². The monoisotopic (exact) mass is 367 g/mol. The second-order valence-corrected chi connectivity index (χ2v) is 7.45. The van der Waals surface area contributed by atoms with E-state index in [1.54, 1.807) is 24.8 Å². The molecule has 0 aromatic carbocycles. The summed E-state index contributed by atoms with van der Waals surface area (Å²) in [4.78, 5) is 28.9. The Morgan fingerprint density at radius 2 is 1.85 bits per heavy atom. The number of nitrogens with zero attached hydrogens (tertiary/aromatic N) is 5. The van der Waals surface area contributed by atoms with Crippen molar-refractivity contribution in [2.45, 2.75) is 31.4 Å². The van der Waals surface area contributed by atoms with Crippen LogP contribution in [0.4, 0.5) is 0 Å². The third-order valence-corrected chi connectivity index (χ3v) is 5.73. The molecule has 2 aliphatic heterocycles. The molecular weight excluding hydrogens is 342 g/mol. The summed E-state index contributed by atoms with van der Waals surface area (Å²) in [5.74, 6) is 0.213. The molecule has 2 fully saturated rings. The molecule has 4 heterocycles. The summed E-state index contributed by atoms with van der Waals surface area (Å²) in [7, 11) is 0. The summed E-state index contributed by atoms with van der Waals surface area (Å²) >= 11 is 0. The Balaban J connectivity index is 1.30. The lowest BCUT2D eigenvalue weighted by atomic mass is 9.97. The van der Waals surface area contributed by atoms with Crippen LogP contribution in [0.5, 0.6) is 0 Å². The molecule has 0 bridgehead atoms. The van der Waals surface area contributed by atoms with Crippen molar-refractivity contribution < 1.29 is 9.90 Å². The van der Waals surface area contributed by atoms with Crippen LogP contribution in [0.3, 0.4) is 0 Å². The lowest BCUT2D eigenvalue weighted by molar-refractivity contribution is 0.0621. The molecule has 1 amide bonds. The first-order valence-corrected chi connectivity index (χ1v) is 9.57. The molecule has 2 aliphatic rings. The maximum absolute atomic E-state index is 12.5. The van der Waals surface area contributed by atoms with Gasteiger partial charge in [0.25, 0.3) is 5.91 Å². The van der Waals surface area contributed by atoms with Crippen molar-refractivity contribution in [2.24, 2.45) is 5.92 Å². The zero-order valence-corrected chi connectivity index (χ0v) is 15.3. The van der Waals surface area contributed by atoms with Crippen molar-refractivity contribution in [3.05, 3.63) is 54.4 Å². The van der Waals surface area contributed by atoms with E-state index in [4.69, 9.17) is 0 Å². The summed E-state index contributed by atoms with van der Waals surface area (Å²) < 4.78 is 0. The zero-order chi connectivity index (χ0) is 18.6. The van der Waals surface area contributed by atoms with Crippen LogP contribution < -0.4 is 0 Å². The fraction of sp³-hybridized carbons (Fsp3) is 0.500. The zero-order valence-electron chi connectivity index (χ0n) is 15.3. The SMILES string of the molecule is O=C(c1cnccn1)N1CCC(N2C[C@@H](Cc3ccncc3)[C@@H](O)C2)CC1. The molecule has 7 heteroatoms. The molecule has 4 rings (SSSR count). The van der Waals surface area contributed by atoms with Gasteiger partial charge in [-0.1, -0.05) is 0 Å². The minimum atomic E-state index is -0.294. The molecule has 142 valence electrons. The molecule has 2 atom stereocenters. The summed E-state index contributed by atoms with van der Waals surface area (Å²) in [6.45, 7) is 3.08. The number of pyridine rings is 1. The Morgan fingerprint density at radius 1 is 1.07 bits per heavy atom. The minimum absolute atomic E-state index is 0.0430. The van der Waals surface area contributed by atoms with E-state index in [0.29, 0.717) is 11.7 Å². The van der Waals surface area contributed by atoms with Crippen molar-refractivity contribution in [3.63, 3.8) is 0 Å². The van der Waals surface area contributed by atoms with E-state index in [0.717, 1.165) is 45.4 Å². The summed E-state index contributed by atoms with van der Waals surface area (Å²) in [5.41, 5.74) is 1.63. The van der Waals surface area contributed by atoms with E-state index in [1.165, 1.54) is 11.8 Å². The van der Waals surface area contributed by atoms with Gasteiger partial charge in [-0.25, -0.2) is 4.98 Å². The van der Waals surface area contributed by atoms with Gasteiger partial charge in [-0.2, -0.15) is 0 Å². The first-order chi connectivity index (χ1) is 13.2. The highest BCUT2D eigenvalue weighted by molar-refractivity contribution is 5.92. The fourth-order valence-corrected chi connectivity index (χ4v) is 4.21.